The predicted molar refractivity (Wildman–Crippen MR) is 90.1 cm³/mol. The van der Waals surface area contributed by atoms with Crippen molar-refractivity contribution in [3.8, 4) is 0 Å². The summed E-state index contributed by atoms with van der Waals surface area (Å²) in [5.41, 5.74) is 4.69. The van der Waals surface area contributed by atoms with Gasteiger partial charge in [-0.3, -0.25) is 10.1 Å². The van der Waals surface area contributed by atoms with Gasteiger partial charge >= 0.3 is 0 Å². The van der Waals surface area contributed by atoms with Gasteiger partial charge in [0, 0.05) is 18.2 Å². The number of nitrogens with zero attached hydrogens (tertiary/aromatic N) is 1. The van der Waals surface area contributed by atoms with Gasteiger partial charge in [0.15, 0.2) is 4.90 Å². The van der Waals surface area contributed by atoms with Crippen molar-refractivity contribution in [3.05, 3.63) is 34.4 Å². The van der Waals surface area contributed by atoms with Gasteiger partial charge in [0.05, 0.1) is 4.92 Å². The molecule has 9 heteroatoms. The average molecular weight is 364 g/mol. The molecule has 1 aromatic carbocycles. The summed E-state index contributed by atoms with van der Waals surface area (Å²) in [6.45, 7) is 2.14. The van der Waals surface area contributed by atoms with Crippen LogP contribution in [-0.4, -0.2) is 25.4 Å². The molecule has 0 spiro atoms. The van der Waals surface area contributed by atoms with E-state index in [0.29, 0.717) is 6.42 Å². The molecule has 1 aromatic rings. The summed E-state index contributed by atoms with van der Waals surface area (Å²) in [7, 11) is -4.01. The normalized spacial score (nSPS) is 24.7. The first kappa shape index (κ1) is 19.8. The number of para-hydroxylation sites is 1. The van der Waals surface area contributed by atoms with E-state index in [9.17, 15) is 18.5 Å². The van der Waals surface area contributed by atoms with Crippen LogP contribution in [0.3, 0.4) is 0 Å². The van der Waals surface area contributed by atoms with Crippen LogP contribution in [0.2, 0.25) is 0 Å². The van der Waals surface area contributed by atoms with Crippen LogP contribution in [-0.2, 0) is 10.0 Å². The zero-order valence-corrected chi connectivity index (χ0v) is 14.5. The van der Waals surface area contributed by atoms with E-state index in [1.165, 1.54) is 24.3 Å². The van der Waals surface area contributed by atoms with E-state index >= 15 is 0 Å². The number of halogens is 1. The van der Waals surface area contributed by atoms with E-state index in [2.05, 4.69) is 4.72 Å². The van der Waals surface area contributed by atoms with Crippen LogP contribution < -0.4 is 10.5 Å². The van der Waals surface area contributed by atoms with Crippen LogP contribution in [0.4, 0.5) is 5.69 Å². The molecule has 23 heavy (non-hydrogen) atoms. The molecule has 7 nitrogen and oxygen atoms in total. The van der Waals surface area contributed by atoms with Crippen LogP contribution in [0.25, 0.3) is 0 Å². The van der Waals surface area contributed by atoms with E-state index in [4.69, 9.17) is 5.73 Å². The molecule has 0 aliphatic heterocycles. The number of hydrogen-bond acceptors (Lipinski definition) is 5. The second kappa shape index (κ2) is 7.57. The fourth-order valence-corrected chi connectivity index (χ4v) is 4.78. The third-order valence-corrected chi connectivity index (χ3v) is 6.11. The van der Waals surface area contributed by atoms with Gasteiger partial charge in [-0.25, -0.2) is 13.1 Å². The molecule has 1 saturated carbocycles. The first-order valence-electron chi connectivity index (χ1n) is 7.30. The van der Waals surface area contributed by atoms with Crippen molar-refractivity contribution in [3.63, 3.8) is 0 Å². The first-order valence-corrected chi connectivity index (χ1v) is 8.78. The minimum Gasteiger partial charge on any atom is -0.329 e. The third-order valence-electron chi connectivity index (χ3n) is 4.51. The quantitative estimate of drug-likeness (QED) is 0.614. The minimum absolute atomic E-state index is 0. The molecule has 2 unspecified atom stereocenters. The molecule has 1 aliphatic rings. The minimum atomic E-state index is -4.01. The van der Waals surface area contributed by atoms with Crippen LogP contribution >= 0.6 is 12.4 Å². The summed E-state index contributed by atoms with van der Waals surface area (Å²) < 4.78 is 28.0. The molecule has 1 aliphatic carbocycles. The molecule has 0 bridgehead atoms. The maximum atomic E-state index is 12.7. The number of nitrogens with two attached hydrogens (primary N) is 1. The fraction of sp³-hybridized carbons (Fsp3) is 0.571. The average Bonchev–Trinajstić information content (AvgIpc) is 2.49. The summed E-state index contributed by atoms with van der Waals surface area (Å²) in [6.07, 6.45) is 3.46. The second-order valence-electron chi connectivity index (χ2n) is 5.84. The smallest absolute Gasteiger partial charge is 0.289 e. The number of hydrogen-bond donors (Lipinski definition) is 2. The zero-order chi connectivity index (χ0) is 16.4. The number of sulfonamides is 1. The maximum Gasteiger partial charge on any atom is 0.289 e. The lowest BCUT2D eigenvalue weighted by Crippen LogP contribution is -2.58. The summed E-state index contributed by atoms with van der Waals surface area (Å²) in [4.78, 5) is 10.1. The van der Waals surface area contributed by atoms with Crippen LogP contribution in [0.15, 0.2) is 29.2 Å². The number of nitro groups is 1. The monoisotopic (exact) mass is 363 g/mol. The van der Waals surface area contributed by atoms with Gasteiger partial charge in [0.2, 0.25) is 10.0 Å². The second-order valence-corrected chi connectivity index (χ2v) is 7.49. The Morgan fingerprint density at radius 3 is 2.61 bits per heavy atom. The van der Waals surface area contributed by atoms with Crippen molar-refractivity contribution in [2.45, 2.75) is 43.0 Å². The van der Waals surface area contributed by atoms with Crippen LogP contribution in [0.5, 0.6) is 0 Å². The Morgan fingerprint density at radius 1 is 1.39 bits per heavy atom. The van der Waals surface area contributed by atoms with Crippen molar-refractivity contribution in [1.82, 2.24) is 4.72 Å². The van der Waals surface area contributed by atoms with Crippen molar-refractivity contribution < 1.29 is 13.3 Å². The number of benzene rings is 1. The number of nitrogens with one attached hydrogen (secondary N) is 1. The Hall–Kier alpha value is -1.22. The highest BCUT2D eigenvalue weighted by molar-refractivity contribution is 7.89. The van der Waals surface area contributed by atoms with Gasteiger partial charge in [-0.1, -0.05) is 31.9 Å². The summed E-state index contributed by atoms with van der Waals surface area (Å²) in [5, 5.41) is 11.1. The van der Waals surface area contributed by atoms with Crippen LogP contribution in [0.1, 0.15) is 32.6 Å². The topological polar surface area (TPSA) is 115 Å². The Bertz CT molecular complexity index is 668. The van der Waals surface area contributed by atoms with E-state index in [1.807, 2.05) is 6.92 Å². The molecule has 0 heterocycles. The summed E-state index contributed by atoms with van der Waals surface area (Å²) in [5.74, 6) is 0.0868. The Kier molecular flexibility index (Phi) is 6.52. The fourth-order valence-electron chi connectivity index (χ4n) is 3.07. The Labute approximate surface area is 142 Å². The Balaban J connectivity index is 0.00000264. The lowest BCUT2D eigenvalue weighted by atomic mass is 9.74. The lowest BCUT2D eigenvalue weighted by Gasteiger charge is -2.42. The molecular weight excluding hydrogens is 342 g/mol. The van der Waals surface area contributed by atoms with Gasteiger partial charge in [0.1, 0.15) is 0 Å². The standard InChI is InChI=1S/C14H21N3O4S.ClH/c1-11-6-4-5-9-14(11,10-15)16-22(20,21)13-8-3-2-7-12(13)17(18)19;/h2-3,7-8,11,16H,4-6,9-10,15H2,1H3;1H. The molecular formula is C14H22ClN3O4S. The molecule has 2 atom stereocenters. The lowest BCUT2D eigenvalue weighted by molar-refractivity contribution is -0.387. The highest BCUT2D eigenvalue weighted by atomic mass is 35.5. The van der Waals surface area contributed by atoms with Gasteiger partial charge < -0.3 is 5.73 Å². The number of rotatable bonds is 5. The highest BCUT2D eigenvalue weighted by Crippen LogP contribution is 2.35. The SMILES string of the molecule is CC1CCCCC1(CN)NS(=O)(=O)c1ccccc1[N+](=O)[O-].Cl. The van der Waals surface area contributed by atoms with Crippen molar-refractivity contribution in [1.29, 1.82) is 0 Å². The van der Waals surface area contributed by atoms with E-state index in [-0.39, 0.29) is 29.8 Å². The van der Waals surface area contributed by atoms with Crippen molar-refractivity contribution in [2.75, 3.05) is 6.54 Å². The van der Waals surface area contributed by atoms with Gasteiger partial charge in [-0.2, -0.15) is 0 Å². The first-order chi connectivity index (χ1) is 10.3. The molecule has 0 aromatic heterocycles. The summed E-state index contributed by atoms with van der Waals surface area (Å²) in [6, 6.07) is 5.35. The molecule has 0 saturated heterocycles. The van der Waals surface area contributed by atoms with Gasteiger partial charge in [0.25, 0.3) is 5.69 Å². The zero-order valence-electron chi connectivity index (χ0n) is 12.9. The molecule has 130 valence electrons. The number of nitro benzene ring substituents is 1. The summed E-state index contributed by atoms with van der Waals surface area (Å²) >= 11 is 0. The van der Waals surface area contributed by atoms with Gasteiger partial charge in [-0.05, 0) is 24.8 Å². The molecule has 2 rings (SSSR count). The van der Waals surface area contributed by atoms with E-state index < -0.39 is 26.2 Å². The predicted octanol–water partition coefficient (Wildman–Crippen LogP) is 2.20. The molecule has 3 N–H and O–H groups in total. The van der Waals surface area contributed by atoms with Gasteiger partial charge in [-0.15, -0.1) is 12.4 Å². The van der Waals surface area contributed by atoms with Crippen molar-refractivity contribution in [2.24, 2.45) is 11.7 Å². The van der Waals surface area contributed by atoms with E-state index in [0.717, 1.165) is 19.3 Å². The highest BCUT2D eigenvalue weighted by Gasteiger charge is 2.41. The molecule has 0 radical (unpaired) electrons. The molecule has 0 amide bonds. The largest absolute Gasteiger partial charge is 0.329 e. The third kappa shape index (κ3) is 4.00. The molecule has 1 fully saturated rings. The van der Waals surface area contributed by atoms with E-state index in [1.54, 1.807) is 0 Å². The maximum absolute atomic E-state index is 12.7. The van der Waals surface area contributed by atoms with Crippen molar-refractivity contribution >= 4 is 28.1 Å². The van der Waals surface area contributed by atoms with Crippen LogP contribution in [0, 0.1) is 16.0 Å². The Morgan fingerprint density at radius 2 is 2.04 bits per heavy atom.